The number of halogens is 2. The Labute approximate surface area is 135 Å². The first-order valence-electron chi connectivity index (χ1n) is 6.94. The van der Waals surface area contributed by atoms with Crippen LogP contribution in [-0.4, -0.2) is 28.3 Å². The van der Waals surface area contributed by atoms with Gasteiger partial charge in [0.1, 0.15) is 6.17 Å². The van der Waals surface area contributed by atoms with E-state index in [1.165, 1.54) is 29.8 Å². The topological polar surface area (TPSA) is 27.6 Å². The third-order valence-electron chi connectivity index (χ3n) is 4.01. The van der Waals surface area contributed by atoms with Crippen molar-refractivity contribution in [3.8, 4) is 0 Å². The summed E-state index contributed by atoms with van der Waals surface area (Å²) in [4.78, 5) is 5.30. The lowest BCUT2D eigenvalue weighted by Crippen LogP contribution is -2.39. The summed E-state index contributed by atoms with van der Waals surface area (Å²) < 4.78 is 1.11. The van der Waals surface area contributed by atoms with Crippen LogP contribution in [0.25, 0.3) is 5.70 Å². The second-order valence-electron chi connectivity index (χ2n) is 5.53. The van der Waals surface area contributed by atoms with Crippen molar-refractivity contribution in [3.05, 3.63) is 40.4 Å². The summed E-state index contributed by atoms with van der Waals surface area (Å²) in [5, 5.41) is 2.20. The third kappa shape index (κ3) is 2.26. The van der Waals surface area contributed by atoms with Crippen LogP contribution in [0.15, 0.2) is 39.8 Å². The van der Waals surface area contributed by atoms with Crippen molar-refractivity contribution in [1.29, 1.82) is 0 Å². The van der Waals surface area contributed by atoms with Crippen molar-refractivity contribution in [2.45, 2.75) is 23.8 Å². The molecule has 1 saturated carbocycles. The molecule has 1 N–H and O–H groups in total. The molecule has 1 aliphatic carbocycles. The number of benzene rings is 1. The molecule has 104 valence electrons. The Balaban J connectivity index is 1.75. The first-order chi connectivity index (χ1) is 9.72. The smallest absolute Gasteiger partial charge is 0.149 e. The first kappa shape index (κ1) is 13.0. The highest BCUT2D eigenvalue weighted by molar-refractivity contribution is 9.10. The second kappa shape index (κ2) is 4.97. The molecule has 2 fully saturated rings. The molecule has 1 aromatic rings. The molecule has 0 amide bonds. The van der Waals surface area contributed by atoms with Crippen LogP contribution in [0.2, 0.25) is 0 Å². The first-order valence-corrected chi connectivity index (χ1v) is 8.65. The number of hydrazine groups is 1. The van der Waals surface area contributed by atoms with Crippen molar-refractivity contribution >= 4 is 43.3 Å². The second-order valence-corrected chi connectivity index (χ2v) is 7.62. The zero-order chi connectivity index (χ0) is 13.7. The monoisotopic (exact) mass is 395 g/mol. The van der Waals surface area contributed by atoms with Crippen LogP contribution < -0.4 is 5.43 Å². The van der Waals surface area contributed by atoms with E-state index in [1.807, 2.05) is 0 Å². The Morgan fingerprint density at radius 2 is 1.95 bits per heavy atom. The van der Waals surface area contributed by atoms with Gasteiger partial charge in [-0.3, -0.25) is 10.0 Å². The Morgan fingerprint density at radius 1 is 1.20 bits per heavy atom. The van der Waals surface area contributed by atoms with Gasteiger partial charge in [-0.1, -0.05) is 44.0 Å². The van der Waals surface area contributed by atoms with E-state index in [1.54, 1.807) is 0 Å². The highest BCUT2D eigenvalue weighted by Crippen LogP contribution is 2.38. The van der Waals surface area contributed by atoms with Gasteiger partial charge in [0.25, 0.3) is 0 Å². The number of fused-ring (bicyclic) bond motifs is 1. The fourth-order valence-electron chi connectivity index (χ4n) is 2.76. The summed E-state index contributed by atoms with van der Waals surface area (Å²) in [5.41, 5.74) is 7.20. The fourth-order valence-corrected chi connectivity index (χ4v) is 3.52. The molecule has 0 spiro atoms. The van der Waals surface area contributed by atoms with Gasteiger partial charge in [-0.15, -0.1) is 0 Å². The van der Waals surface area contributed by atoms with E-state index in [0.29, 0.717) is 10.7 Å². The van der Waals surface area contributed by atoms with Crippen LogP contribution >= 0.6 is 31.9 Å². The van der Waals surface area contributed by atoms with Crippen LogP contribution in [0.4, 0.5) is 0 Å². The minimum absolute atomic E-state index is 0.175. The van der Waals surface area contributed by atoms with Crippen LogP contribution in [0, 0.1) is 5.92 Å². The molecule has 0 bridgehead atoms. The van der Waals surface area contributed by atoms with Crippen molar-refractivity contribution in [3.63, 3.8) is 0 Å². The Kier molecular flexibility index (Phi) is 3.24. The number of hydrogen-bond acceptors (Lipinski definition) is 3. The Hall–Kier alpha value is -0.650. The quantitative estimate of drug-likeness (QED) is 0.774. The molecule has 2 unspecified atom stereocenters. The molecule has 1 aromatic carbocycles. The Morgan fingerprint density at radius 3 is 2.65 bits per heavy atom. The molecule has 2 aliphatic heterocycles. The zero-order valence-corrected chi connectivity index (χ0v) is 14.1. The summed E-state index contributed by atoms with van der Waals surface area (Å²) >= 11 is 7.24. The lowest BCUT2D eigenvalue weighted by Gasteiger charge is -2.31. The Bertz CT molecular complexity index is 590. The third-order valence-corrected chi connectivity index (χ3v) is 5.33. The summed E-state index contributed by atoms with van der Waals surface area (Å²) in [6.07, 6.45) is 5.01. The van der Waals surface area contributed by atoms with Crippen molar-refractivity contribution in [2.24, 2.45) is 10.9 Å². The molecule has 3 aliphatic rings. The lowest BCUT2D eigenvalue weighted by atomic mass is 10.1. The molecule has 5 heteroatoms. The van der Waals surface area contributed by atoms with E-state index in [-0.39, 0.29) is 6.17 Å². The van der Waals surface area contributed by atoms with Gasteiger partial charge in [-0.05, 0) is 36.6 Å². The van der Waals surface area contributed by atoms with Gasteiger partial charge in [-0.2, -0.15) is 0 Å². The van der Waals surface area contributed by atoms with Gasteiger partial charge in [0.05, 0.1) is 10.5 Å². The van der Waals surface area contributed by atoms with Gasteiger partial charge < -0.3 is 0 Å². The summed E-state index contributed by atoms with van der Waals surface area (Å²) in [6.45, 7) is 0.917. The summed E-state index contributed by atoms with van der Waals surface area (Å²) in [7, 11) is 0. The number of nitrogens with zero attached hydrogens (tertiary/aromatic N) is 2. The number of aliphatic imine (C=N–C) groups is 1. The largest absolute Gasteiger partial charge is 0.282 e. The maximum Gasteiger partial charge on any atom is 0.149 e. The minimum Gasteiger partial charge on any atom is -0.282 e. The van der Waals surface area contributed by atoms with Crippen LogP contribution in [0.3, 0.4) is 0 Å². The van der Waals surface area contributed by atoms with Gasteiger partial charge in [0, 0.05) is 22.6 Å². The zero-order valence-electron chi connectivity index (χ0n) is 10.9. The van der Waals surface area contributed by atoms with Crippen LogP contribution in [0.1, 0.15) is 18.4 Å². The predicted molar refractivity (Wildman–Crippen MR) is 88.6 cm³/mol. The molecule has 4 rings (SSSR count). The molecular formula is C15H15Br2N3. The maximum absolute atomic E-state index is 4.93. The van der Waals surface area contributed by atoms with Gasteiger partial charge in [0.2, 0.25) is 0 Å². The normalized spacial score (nSPS) is 29.0. The van der Waals surface area contributed by atoms with E-state index in [2.05, 4.69) is 72.6 Å². The van der Waals surface area contributed by atoms with Gasteiger partial charge >= 0.3 is 0 Å². The minimum atomic E-state index is 0.175. The molecule has 2 heterocycles. The van der Waals surface area contributed by atoms with Crippen LogP contribution in [-0.2, 0) is 0 Å². The molecule has 0 radical (unpaired) electrons. The summed E-state index contributed by atoms with van der Waals surface area (Å²) in [5.74, 6) is 0.683. The lowest BCUT2D eigenvalue weighted by molar-refractivity contribution is 0.300. The number of nitrogens with one attached hydrogen (secondary N) is 1. The molecule has 20 heavy (non-hydrogen) atoms. The standard InChI is InChI=1S/C15H15Br2N3/c16-11-5-3-10(4-6-11)14-7-13(9-1-2-9)19-15-12(17)8-18-20(14)15/h3-7,9,12,15,18H,1-2,8H2. The molecule has 3 nitrogen and oxygen atoms in total. The van der Waals surface area contributed by atoms with Crippen molar-refractivity contribution < 1.29 is 0 Å². The number of hydrogen-bond donors (Lipinski definition) is 1. The highest BCUT2D eigenvalue weighted by Gasteiger charge is 2.39. The highest BCUT2D eigenvalue weighted by atomic mass is 79.9. The number of alkyl halides is 1. The van der Waals surface area contributed by atoms with E-state index in [0.717, 1.165) is 11.0 Å². The van der Waals surface area contributed by atoms with E-state index >= 15 is 0 Å². The number of rotatable bonds is 2. The molecular weight excluding hydrogens is 382 g/mol. The molecule has 2 atom stereocenters. The van der Waals surface area contributed by atoms with Gasteiger partial charge in [0.15, 0.2) is 0 Å². The fraction of sp³-hybridized carbons (Fsp3) is 0.400. The van der Waals surface area contributed by atoms with Gasteiger partial charge in [-0.25, -0.2) is 5.43 Å². The maximum atomic E-state index is 4.93. The van der Waals surface area contributed by atoms with Crippen molar-refractivity contribution in [1.82, 2.24) is 10.4 Å². The molecule has 0 aromatic heterocycles. The van der Waals surface area contributed by atoms with Crippen LogP contribution in [0.5, 0.6) is 0 Å². The van der Waals surface area contributed by atoms with Crippen molar-refractivity contribution in [2.75, 3.05) is 6.54 Å². The molecule has 1 saturated heterocycles. The van der Waals surface area contributed by atoms with E-state index in [4.69, 9.17) is 4.99 Å². The van der Waals surface area contributed by atoms with E-state index in [9.17, 15) is 0 Å². The predicted octanol–water partition coefficient (Wildman–Crippen LogP) is 3.56. The summed E-state index contributed by atoms with van der Waals surface area (Å²) in [6, 6.07) is 8.50. The number of allylic oxidation sites excluding steroid dienone is 1. The SMILES string of the molecule is Brc1ccc(C2=CC(C3CC3)=NC3C(Br)CNN23)cc1. The average molecular weight is 397 g/mol. The van der Waals surface area contributed by atoms with E-state index < -0.39 is 0 Å². The average Bonchev–Trinajstić information content (AvgIpc) is 3.24.